The number of carbonyl (C=O) groups is 3. The zero-order chi connectivity index (χ0) is 16.5. The van der Waals surface area contributed by atoms with E-state index in [1.807, 2.05) is 6.92 Å². The van der Waals surface area contributed by atoms with Crippen LogP contribution in [-0.2, 0) is 14.4 Å². The van der Waals surface area contributed by atoms with Gasteiger partial charge in [0.05, 0.1) is 5.92 Å². The Bertz CT molecular complexity index is 434. The second kappa shape index (κ2) is 9.23. The minimum atomic E-state index is -1.04. The van der Waals surface area contributed by atoms with Gasteiger partial charge in [0.2, 0.25) is 11.8 Å². The number of amides is 2. The molecule has 1 aliphatic heterocycles. The molecule has 0 bridgehead atoms. The Balaban J connectivity index is 2.59. The lowest BCUT2D eigenvalue weighted by Crippen LogP contribution is -2.49. The molecule has 0 aliphatic carbocycles. The summed E-state index contributed by atoms with van der Waals surface area (Å²) in [6, 6.07) is -0.912. The van der Waals surface area contributed by atoms with Crippen molar-refractivity contribution in [1.82, 2.24) is 10.2 Å². The van der Waals surface area contributed by atoms with Crippen molar-refractivity contribution in [2.45, 2.75) is 52.0 Å². The van der Waals surface area contributed by atoms with Crippen molar-refractivity contribution in [3.05, 3.63) is 12.2 Å². The number of likely N-dealkylation sites (tertiary alicyclic amines) is 1. The zero-order valence-corrected chi connectivity index (χ0v) is 13.4. The van der Waals surface area contributed by atoms with Crippen LogP contribution in [0, 0.1) is 5.92 Å². The van der Waals surface area contributed by atoms with Crippen LogP contribution < -0.4 is 5.32 Å². The topological polar surface area (TPSA) is 86.7 Å². The summed E-state index contributed by atoms with van der Waals surface area (Å²) in [5.74, 6) is -1.56. The second-order valence-electron chi connectivity index (χ2n) is 5.63. The van der Waals surface area contributed by atoms with Crippen molar-refractivity contribution in [2.24, 2.45) is 5.92 Å². The molecule has 1 saturated heterocycles. The van der Waals surface area contributed by atoms with Gasteiger partial charge in [0.25, 0.3) is 0 Å². The van der Waals surface area contributed by atoms with Crippen LogP contribution in [0.15, 0.2) is 12.2 Å². The minimum Gasteiger partial charge on any atom is -0.480 e. The standard InChI is InChI=1S/C16H26N2O4/c1-3-5-9-13(16(21)22)17-15(20)12-8-6-10-18(11-12)14(19)7-4-2/h3,5,12-13H,4,6-11H2,1-2H3,(H,17,20)(H,21,22)/b5-3+. The van der Waals surface area contributed by atoms with E-state index in [4.69, 9.17) is 5.11 Å². The third-order valence-corrected chi connectivity index (χ3v) is 3.83. The molecule has 1 heterocycles. The monoisotopic (exact) mass is 310 g/mol. The average molecular weight is 310 g/mol. The molecule has 1 aliphatic rings. The Labute approximate surface area is 131 Å². The number of carboxylic acids is 1. The van der Waals surface area contributed by atoms with Crippen LogP contribution in [0.1, 0.15) is 46.0 Å². The maximum Gasteiger partial charge on any atom is 0.326 e. The Morgan fingerprint density at radius 2 is 2.14 bits per heavy atom. The van der Waals surface area contributed by atoms with Gasteiger partial charge >= 0.3 is 5.97 Å². The molecule has 2 unspecified atom stereocenters. The van der Waals surface area contributed by atoms with Gasteiger partial charge in [-0.3, -0.25) is 9.59 Å². The summed E-state index contributed by atoms with van der Waals surface area (Å²) in [5.41, 5.74) is 0. The number of carboxylic acid groups (broad SMARTS) is 1. The number of hydrogen-bond acceptors (Lipinski definition) is 3. The lowest BCUT2D eigenvalue weighted by molar-refractivity contribution is -0.143. The van der Waals surface area contributed by atoms with Crippen LogP contribution in [-0.4, -0.2) is 46.9 Å². The molecule has 2 amide bonds. The summed E-state index contributed by atoms with van der Waals surface area (Å²) in [6.07, 6.45) is 6.50. The lowest BCUT2D eigenvalue weighted by atomic mass is 9.96. The van der Waals surface area contributed by atoms with E-state index in [9.17, 15) is 14.4 Å². The number of carbonyl (C=O) groups excluding carboxylic acids is 2. The molecule has 2 atom stereocenters. The van der Waals surface area contributed by atoms with Crippen molar-refractivity contribution in [3.63, 3.8) is 0 Å². The van der Waals surface area contributed by atoms with Gasteiger partial charge in [-0.25, -0.2) is 4.79 Å². The van der Waals surface area contributed by atoms with E-state index < -0.39 is 12.0 Å². The van der Waals surface area contributed by atoms with Gasteiger partial charge in [-0.2, -0.15) is 0 Å². The highest BCUT2D eigenvalue weighted by atomic mass is 16.4. The molecule has 0 aromatic carbocycles. The summed E-state index contributed by atoms with van der Waals surface area (Å²) < 4.78 is 0. The highest BCUT2D eigenvalue weighted by Crippen LogP contribution is 2.18. The highest BCUT2D eigenvalue weighted by molar-refractivity contribution is 5.86. The van der Waals surface area contributed by atoms with Crippen LogP contribution in [0.3, 0.4) is 0 Å². The van der Waals surface area contributed by atoms with Gasteiger partial charge in [0.15, 0.2) is 0 Å². The predicted octanol–water partition coefficient (Wildman–Crippen LogP) is 1.56. The highest BCUT2D eigenvalue weighted by Gasteiger charge is 2.30. The van der Waals surface area contributed by atoms with Crippen LogP contribution in [0.2, 0.25) is 0 Å². The number of nitrogens with one attached hydrogen (secondary N) is 1. The first kappa shape index (κ1) is 18.2. The normalized spacial score (nSPS) is 19.9. The Morgan fingerprint density at radius 1 is 1.41 bits per heavy atom. The van der Waals surface area contributed by atoms with Crippen molar-refractivity contribution < 1.29 is 19.5 Å². The van der Waals surface area contributed by atoms with Gasteiger partial charge in [0, 0.05) is 19.5 Å². The molecule has 22 heavy (non-hydrogen) atoms. The van der Waals surface area contributed by atoms with Crippen LogP contribution in [0.5, 0.6) is 0 Å². The maximum atomic E-state index is 12.3. The number of hydrogen-bond donors (Lipinski definition) is 2. The molecule has 0 spiro atoms. The number of nitrogens with zero attached hydrogens (tertiary/aromatic N) is 1. The van der Waals surface area contributed by atoms with E-state index in [1.165, 1.54) is 0 Å². The molecule has 6 heteroatoms. The fraction of sp³-hybridized carbons (Fsp3) is 0.688. The van der Waals surface area contributed by atoms with Crippen molar-refractivity contribution in [3.8, 4) is 0 Å². The number of aliphatic carboxylic acids is 1. The molecule has 124 valence electrons. The summed E-state index contributed by atoms with van der Waals surface area (Å²) in [4.78, 5) is 37.1. The van der Waals surface area contributed by atoms with E-state index in [0.29, 0.717) is 25.9 Å². The van der Waals surface area contributed by atoms with Gasteiger partial charge < -0.3 is 15.3 Å². The molecular formula is C16H26N2O4. The van der Waals surface area contributed by atoms with Crippen LogP contribution in [0.25, 0.3) is 0 Å². The quantitative estimate of drug-likeness (QED) is 0.699. The Hall–Kier alpha value is -1.85. The molecule has 1 fully saturated rings. The third kappa shape index (κ3) is 5.50. The molecule has 2 N–H and O–H groups in total. The summed E-state index contributed by atoms with van der Waals surface area (Å²) in [6.45, 7) is 4.83. The molecule has 0 radical (unpaired) electrons. The second-order valence-corrected chi connectivity index (χ2v) is 5.63. The van der Waals surface area contributed by atoms with Crippen molar-refractivity contribution >= 4 is 17.8 Å². The lowest BCUT2D eigenvalue weighted by Gasteiger charge is -2.32. The van der Waals surface area contributed by atoms with Crippen LogP contribution >= 0.6 is 0 Å². The molecule has 0 aromatic heterocycles. The van der Waals surface area contributed by atoms with Gasteiger partial charge in [-0.05, 0) is 32.6 Å². The Morgan fingerprint density at radius 3 is 2.73 bits per heavy atom. The van der Waals surface area contributed by atoms with Gasteiger partial charge in [0.1, 0.15) is 6.04 Å². The van der Waals surface area contributed by atoms with Crippen LogP contribution in [0.4, 0.5) is 0 Å². The van der Waals surface area contributed by atoms with E-state index in [1.54, 1.807) is 24.0 Å². The average Bonchev–Trinajstić information content (AvgIpc) is 2.51. The van der Waals surface area contributed by atoms with Crippen molar-refractivity contribution in [1.29, 1.82) is 0 Å². The first-order valence-electron chi connectivity index (χ1n) is 7.91. The first-order chi connectivity index (χ1) is 10.5. The number of allylic oxidation sites excluding steroid dienone is 1. The molecule has 0 aromatic rings. The van der Waals surface area contributed by atoms with E-state index in [0.717, 1.165) is 12.8 Å². The molecule has 6 nitrogen and oxygen atoms in total. The smallest absolute Gasteiger partial charge is 0.326 e. The largest absolute Gasteiger partial charge is 0.480 e. The third-order valence-electron chi connectivity index (χ3n) is 3.83. The summed E-state index contributed by atoms with van der Waals surface area (Å²) >= 11 is 0. The fourth-order valence-corrected chi connectivity index (χ4v) is 2.57. The predicted molar refractivity (Wildman–Crippen MR) is 83.2 cm³/mol. The van der Waals surface area contributed by atoms with E-state index >= 15 is 0 Å². The maximum absolute atomic E-state index is 12.3. The molecule has 1 rings (SSSR count). The van der Waals surface area contributed by atoms with Gasteiger partial charge in [-0.15, -0.1) is 0 Å². The van der Waals surface area contributed by atoms with E-state index in [2.05, 4.69) is 5.32 Å². The number of piperidine rings is 1. The summed E-state index contributed by atoms with van der Waals surface area (Å²) in [5, 5.41) is 11.7. The summed E-state index contributed by atoms with van der Waals surface area (Å²) in [7, 11) is 0. The number of rotatable bonds is 7. The molecular weight excluding hydrogens is 284 g/mol. The Kier molecular flexibility index (Phi) is 7.63. The first-order valence-corrected chi connectivity index (χ1v) is 7.91. The van der Waals surface area contributed by atoms with E-state index in [-0.39, 0.29) is 24.2 Å². The van der Waals surface area contributed by atoms with Gasteiger partial charge in [-0.1, -0.05) is 19.1 Å². The zero-order valence-electron chi connectivity index (χ0n) is 13.4. The van der Waals surface area contributed by atoms with Crippen molar-refractivity contribution in [2.75, 3.05) is 13.1 Å². The fourth-order valence-electron chi connectivity index (χ4n) is 2.57. The SMILES string of the molecule is C/C=C/CC(NC(=O)C1CCCN(C(=O)CCC)C1)C(=O)O. The minimum absolute atomic E-state index is 0.0729. The molecule has 0 saturated carbocycles.